The standard InChI is InChI=1S/C12H20BrNO4S2/c13-9-7-10-1-2-11(8-9)14(10)20(17,18)12-3-5-19(15,16)6-4-12/h9-12H,1-8H2. The van der Waals surface area contributed by atoms with Crippen LogP contribution in [0.1, 0.15) is 38.5 Å². The number of halogens is 1. The Morgan fingerprint density at radius 2 is 1.45 bits per heavy atom. The summed E-state index contributed by atoms with van der Waals surface area (Å²) < 4.78 is 50.3. The Morgan fingerprint density at radius 3 is 1.95 bits per heavy atom. The number of rotatable bonds is 2. The number of piperidine rings is 1. The molecule has 0 saturated carbocycles. The molecular weight excluding hydrogens is 366 g/mol. The second kappa shape index (κ2) is 5.21. The molecule has 3 rings (SSSR count). The Balaban J connectivity index is 1.80. The molecule has 0 aromatic heterocycles. The van der Waals surface area contributed by atoms with Crippen LogP contribution in [0.15, 0.2) is 0 Å². The first kappa shape index (κ1) is 15.2. The molecule has 0 amide bonds. The highest BCUT2D eigenvalue weighted by molar-refractivity contribution is 9.09. The summed E-state index contributed by atoms with van der Waals surface area (Å²) in [6.45, 7) is 0. The van der Waals surface area contributed by atoms with Gasteiger partial charge in [0.15, 0.2) is 0 Å². The minimum Gasteiger partial charge on any atom is -0.229 e. The number of sulfone groups is 1. The lowest BCUT2D eigenvalue weighted by Crippen LogP contribution is -2.51. The zero-order valence-electron chi connectivity index (χ0n) is 11.2. The van der Waals surface area contributed by atoms with Crippen LogP contribution in [0.2, 0.25) is 0 Å². The molecule has 5 nitrogen and oxygen atoms in total. The number of alkyl halides is 1. The Labute approximate surface area is 129 Å². The number of sulfonamides is 1. The first-order valence-corrected chi connectivity index (χ1v) is 11.4. The molecule has 116 valence electrons. The summed E-state index contributed by atoms with van der Waals surface area (Å²) in [5, 5.41) is -0.499. The normalized spacial score (nSPS) is 39.0. The van der Waals surface area contributed by atoms with Gasteiger partial charge in [-0.2, -0.15) is 4.31 Å². The van der Waals surface area contributed by atoms with Gasteiger partial charge >= 0.3 is 0 Å². The van der Waals surface area contributed by atoms with Crippen molar-refractivity contribution in [1.29, 1.82) is 0 Å². The van der Waals surface area contributed by atoms with E-state index < -0.39 is 25.1 Å². The summed E-state index contributed by atoms with van der Waals surface area (Å²) in [4.78, 5) is 0.415. The third-order valence-corrected chi connectivity index (χ3v) is 9.79. The van der Waals surface area contributed by atoms with E-state index >= 15 is 0 Å². The van der Waals surface area contributed by atoms with Gasteiger partial charge in [-0.15, -0.1) is 0 Å². The molecule has 0 aliphatic carbocycles. The molecule has 3 heterocycles. The average molecular weight is 386 g/mol. The maximum Gasteiger partial charge on any atom is 0.217 e. The van der Waals surface area contributed by atoms with Gasteiger partial charge in [0.25, 0.3) is 0 Å². The van der Waals surface area contributed by atoms with E-state index in [4.69, 9.17) is 0 Å². The van der Waals surface area contributed by atoms with Crippen molar-refractivity contribution < 1.29 is 16.8 Å². The minimum atomic E-state index is -3.35. The molecular formula is C12H20BrNO4S2. The lowest BCUT2D eigenvalue weighted by atomic mass is 10.1. The molecule has 2 bridgehead atoms. The zero-order chi connectivity index (χ0) is 14.5. The highest BCUT2D eigenvalue weighted by Crippen LogP contribution is 2.42. The summed E-state index contributed by atoms with van der Waals surface area (Å²) in [6, 6.07) is 0.225. The van der Waals surface area contributed by atoms with Gasteiger partial charge in [0, 0.05) is 16.9 Å². The van der Waals surface area contributed by atoms with Crippen LogP contribution in [0.3, 0.4) is 0 Å². The predicted molar refractivity (Wildman–Crippen MR) is 81.2 cm³/mol. The van der Waals surface area contributed by atoms with Crippen molar-refractivity contribution in [3.05, 3.63) is 0 Å². The SMILES string of the molecule is O=S1(=O)CCC(S(=O)(=O)N2C3CCC2CC(Br)C3)CC1. The van der Waals surface area contributed by atoms with E-state index in [1.165, 1.54) is 0 Å². The highest BCUT2D eigenvalue weighted by atomic mass is 79.9. The zero-order valence-corrected chi connectivity index (χ0v) is 14.5. The van der Waals surface area contributed by atoms with Gasteiger partial charge in [0.2, 0.25) is 10.0 Å². The van der Waals surface area contributed by atoms with Crippen LogP contribution in [0.25, 0.3) is 0 Å². The van der Waals surface area contributed by atoms with Crippen molar-refractivity contribution in [2.24, 2.45) is 0 Å². The van der Waals surface area contributed by atoms with Crippen molar-refractivity contribution >= 4 is 35.8 Å². The van der Waals surface area contributed by atoms with Crippen molar-refractivity contribution in [1.82, 2.24) is 4.31 Å². The fraction of sp³-hybridized carbons (Fsp3) is 1.00. The number of nitrogens with zero attached hydrogens (tertiary/aromatic N) is 1. The van der Waals surface area contributed by atoms with Gasteiger partial charge in [-0.25, -0.2) is 16.8 Å². The van der Waals surface area contributed by atoms with Gasteiger partial charge in [-0.05, 0) is 38.5 Å². The van der Waals surface area contributed by atoms with E-state index in [1.54, 1.807) is 4.31 Å². The van der Waals surface area contributed by atoms with Crippen LogP contribution in [0, 0.1) is 0 Å². The lowest BCUT2D eigenvalue weighted by molar-refractivity contribution is 0.251. The highest BCUT2D eigenvalue weighted by Gasteiger charge is 2.49. The quantitative estimate of drug-likeness (QED) is 0.671. The lowest BCUT2D eigenvalue weighted by Gasteiger charge is -2.39. The molecule has 0 radical (unpaired) electrons. The molecule has 2 unspecified atom stereocenters. The minimum absolute atomic E-state index is 0.0150. The first-order chi connectivity index (χ1) is 9.29. The Kier molecular flexibility index (Phi) is 3.97. The molecule has 8 heteroatoms. The average Bonchev–Trinajstić information content (AvgIpc) is 2.62. The van der Waals surface area contributed by atoms with Crippen molar-refractivity contribution in [2.75, 3.05) is 11.5 Å². The molecule has 3 fully saturated rings. The molecule has 0 spiro atoms. The largest absolute Gasteiger partial charge is 0.229 e. The number of hydrogen-bond acceptors (Lipinski definition) is 4. The van der Waals surface area contributed by atoms with Gasteiger partial charge in [0.1, 0.15) is 9.84 Å². The van der Waals surface area contributed by atoms with E-state index in [0.29, 0.717) is 4.83 Å². The maximum absolute atomic E-state index is 12.8. The smallest absolute Gasteiger partial charge is 0.217 e. The Hall–Kier alpha value is 0.340. The van der Waals surface area contributed by atoms with Crippen molar-refractivity contribution in [2.45, 2.75) is 60.7 Å². The van der Waals surface area contributed by atoms with Crippen LogP contribution < -0.4 is 0 Å². The summed E-state index contributed by atoms with van der Waals surface area (Å²) >= 11 is 3.61. The number of fused-ring (bicyclic) bond motifs is 2. The maximum atomic E-state index is 12.8. The molecule has 2 atom stereocenters. The second-order valence-corrected chi connectivity index (χ2v) is 11.9. The first-order valence-electron chi connectivity index (χ1n) is 7.16. The van der Waals surface area contributed by atoms with E-state index in [2.05, 4.69) is 15.9 Å². The van der Waals surface area contributed by atoms with E-state index in [-0.39, 0.29) is 36.4 Å². The van der Waals surface area contributed by atoms with Crippen LogP contribution >= 0.6 is 15.9 Å². The fourth-order valence-electron chi connectivity index (χ4n) is 3.82. The molecule has 0 aromatic carbocycles. The van der Waals surface area contributed by atoms with Gasteiger partial charge in [-0.3, -0.25) is 0 Å². The van der Waals surface area contributed by atoms with Gasteiger partial charge < -0.3 is 0 Å². The topological polar surface area (TPSA) is 71.5 Å². The van der Waals surface area contributed by atoms with Crippen LogP contribution in [-0.4, -0.2) is 54.8 Å². The van der Waals surface area contributed by atoms with Gasteiger partial charge in [0.05, 0.1) is 16.8 Å². The van der Waals surface area contributed by atoms with Crippen LogP contribution in [0.5, 0.6) is 0 Å². The summed E-state index contributed by atoms with van der Waals surface area (Å²) in [7, 11) is -6.36. The van der Waals surface area contributed by atoms with E-state index in [0.717, 1.165) is 25.7 Å². The summed E-state index contributed by atoms with van der Waals surface area (Å²) in [6.07, 6.45) is 4.16. The van der Waals surface area contributed by atoms with Crippen molar-refractivity contribution in [3.8, 4) is 0 Å². The van der Waals surface area contributed by atoms with E-state index in [9.17, 15) is 16.8 Å². The number of hydrogen-bond donors (Lipinski definition) is 0. The monoisotopic (exact) mass is 385 g/mol. The summed E-state index contributed by atoms with van der Waals surface area (Å²) in [5.41, 5.74) is 0. The third kappa shape index (κ3) is 2.68. The summed E-state index contributed by atoms with van der Waals surface area (Å²) in [5.74, 6) is 0.0300. The van der Waals surface area contributed by atoms with Crippen LogP contribution in [-0.2, 0) is 19.9 Å². The Bertz CT molecular complexity index is 561. The second-order valence-electron chi connectivity index (χ2n) is 6.18. The molecule has 0 aromatic rings. The molecule has 0 N–H and O–H groups in total. The molecule has 3 aliphatic heterocycles. The fourth-order valence-corrected chi connectivity index (χ4v) is 8.86. The third-order valence-electron chi connectivity index (χ3n) is 4.83. The van der Waals surface area contributed by atoms with Crippen molar-refractivity contribution in [3.63, 3.8) is 0 Å². The Morgan fingerprint density at radius 1 is 0.950 bits per heavy atom. The molecule has 3 saturated heterocycles. The molecule has 3 aliphatic rings. The van der Waals surface area contributed by atoms with Crippen LogP contribution in [0.4, 0.5) is 0 Å². The molecule has 20 heavy (non-hydrogen) atoms. The predicted octanol–water partition coefficient (Wildman–Crippen LogP) is 1.28. The van der Waals surface area contributed by atoms with Gasteiger partial charge in [-0.1, -0.05) is 15.9 Å². The van der Waals surface area contributed by atoms with E-state index in [1.807, 2.05) is 0 Å².